The van der Waals surface area contributed by atoms with E-state index >= 15 is 0 Å². The number of likely N-dealkylation sites (tertiary alicyclic amines) is 1. The van der Waals surface area contributed by atoms with Crippen molar-refractivity contribution in [1.29, 1.82) is 0 Å². The fourth-order valence-corrected chi connectivity index (χ4v) is 4.03. The maximum absolute atomic E-state index is 13.2. The molecule has 0 unspecified atom stereocenters. The Balaban J connectivity index is 1.67. The molecule has 1 fully saturated rings. The van der Waals surface area contributed by atoms with Gasteiger partial charge >= 0.3 is 5.97 Å². The maximum Gasteiger partial charge on any atom is 0.309 e. The molecule has 2 heterocycles. The molecule has 1 saturated heterocycles. The van der Waals surface area contributed by atoms with Crippen LogP contribution in [0.15, 0.2) is 28.8 Å². The number of methoxy groups -OCH3 is 2. The van der Waals surface area contributed by atoms with Crippen molar-refractivity contribution in [2.24, 2.45) is 11.8 Å². The van der Waals surface area contributed by atoms with Gasteiger partial charge < -0.3 is 29.0 Å². The van der Waals surface area contributed by atoms with Gasteiger partial charge in [0.2, 0.25) is 5.91 Å². The first kappa shape index (κ1) is 26.1. The zero-order chi connectivity index (χ0) is 25.5. The molecule has 1 aromatic carbocycles. The van der Waals surface area contributed by atoms with Gasteiger partial charge in [0, 0.05) is 25.2 Å². The summed E-state index contributed by atoms with van der Waals surface area (Å²) in [6.07, 6.45) is 1.08. The third-order valence-electron chi connectivity index (χ3n) is 6.06. The van der Waals surface area contributed by atoms with Crippen LogP contribution in [0.25, 0.3) is 11.3 Å². The lowest BCUT2D eigenvalue weighted by atomic mass is 9.95. The monoisotopic (exact) mass is 487 g/mol. The number of carbonyl (C=O) groups is 3. The van der Waals surface area contributed by atoms with E-state index in [4.69, 9.17) is 18.7 Å². The average Bonchev–Trinajstić information content (AvgIpc) is 3.36. The average molecular weight is 488 g/mol. The van der Waals surface area contributed by atoms with Crippen molar-refractivity contribution < 1.29 is 33.1 Å². The van der Waals surface area contributed by atoms with Crippen molar-refractivity contribution in [3.8, 4) is 22.8 Å². The van der Waals surface area contributed by atoms with Crippen LogP contribution >= 0.6 is 0 Å². The summed E-state index contributed by atoms with van der Waals surface area (Å²) in [7, 11) is 3.08. The van der Waals surface area contributed by atoms with Crippen molar-refractivity contribution in [3.63, 3.8) is 0 Å². The van der Waals surface area contributed by atoms with Gasteiger partial charge in [-0.05, 0) is 37.8 Å². The molecule has 0 spiro atoms. The minimum Gasteiger partial charge on any atom is -0.497 e. The van der Waals surface area contributed by atoms with Gasteiger partial charge in [-0.1, -0.05) is 19.0 Å². The van der Waals surface area contributed by atoms with E-state index < -0.39 is 11.9 Å². The van der Waals surface area contributed by atoms with Gasteiger partial charge in [-0.3, -0.25) is 14.4 Å². The van der Waals surface area contributed by atoms with Gasteiger partial charge in [0.15, 0.2) is 11.5 Å². The molecule has 2 aromatic rings. The molecule has 0 bridgehead atoms. The Morgan fingerprint density at radius 3 is 2.46 bits per heavy atom. The third-order valence-corrected chi connectivity index (χ3v) is 6.06. The number of nitrogens with zero attached hydrogens (tertiary/aromatic N) is 2. The molecule has 3 rings (SSSR count). The molecule has 10 nitrogen and oxygen atoms in total. The minimum atomic E-state index is -0.739. The number of ether oxygens (including phenoxy) is 3. The van der Waals surface area contributed by atoms with E-state index in [2.05, 4.69) is 10.5 Å². The van der Waals surface area contributed by atoms with E-state index in [1.54, 1.807) is 37.1 Å². The summed E-state index contributed by atoms with van der Waals surface area (Å²) in [6, 6.07) is 5.97. The summed E-state index contributed by atoms with van der Waals surface area (Å²) in [6.45, 7) is 6.72. The molecule has 2 amide bonds. The highest BCUT2D eigenvalue weighted by molar-refractivity contribution is 5.97. The number of rotatable bonds is 9. The maximum atomic E-state index is 13.2. The first-order chi connectivity index (χ1) is 16.8. The van der Waals surface area contributed by atoms with Crippen molar-refractivity contribution in [3.05, 3.63) is 30.0 Å². The molecule has 1 N–H and O–H groups in total. The second kappa shape index (κ2) is 11.7. The van der Waals surface area contributed by atoms with E-state index in [1.807, 2.05) is 13.8 Å². The molecular formula is C25H33N3O7. The highest BCUT2D eigenvalue weighted by Crippen LogP contribution is 2.33. The first-order valence-corrected chi connectivity index (χ1v) is 11.7. The summed E-state index contributed by atoms with van der Waals surface area (Å²) in [5.41, 5.74) is 0.665. The van der Waals surface area contributed by atoms with E-state index in [-0.39, 0.29) is 29.4 Å². The van der Waals surface area contributed by atoms with E-state index in [9.17, 15) is 14.4 Å². The van der Waals surface area contributed by atoms with Crippen LogP contribution in [0.5, 0.6) is 11.5 Å². The zero-order valence-electron chi connectivity index (χ0n) is 20.8. The van der Waals surface area contributed by atoms with Gasteiger partial charge in [0.1, 0.15) is 17.5 Å². The quantitative estimate of drug-likeness (QED) is 0.536. The number of hydrogen-bond donors (Lipinski definition) is 1. The standard InChI is InChI=1S/C25H33N3O7/c1-6-34-25(31)16-9-11-28(12-10-16)24(30)22(15(2)3)26-23(29)19-14-21(35-27-19)18-8-7-17(32-4)13-20(18)33-5/h7-8,13-16,22H,6,9-12H2,1-5H3,(H,26,29)/t22-/m0/s1. The number of hydrogen-bond acceptors (Lipinski definition) is 8. The number of amides is 2. The molecule has 1 aliphatic rings. The molecule has 1 atom stereocenters. The van der Waals surface area contributed by atoms with Crippen molar-refractivity contribution >= 4 is 17.8 Å². The summed E-state index contributed by atoms with van der Waals surface area (Å²) in [5.74, 6) is 0.210. The fourth-order valence-electron chi connectivity index (χ4n) is 4.03. The molecule has 0 aliphatic carbocycles. The van der Waals surface area contributed by atoms with Gasteiger partial charge in [-0.2, -0.15) is 0 Å². The number of nitrogens with one attached hydrogen (secondary N) is 1. The van der Waals surface area contributed by atoms with Gasteiger partial charge in [-0.15, -0.1) is 0 Å². The lowest BCUT2D eigenvalue weighted by molar-refractivity contribution is -0.151. The Bertz CT molecular complexity index is 1040. The van der Waals surface area contributed by atoms with Crippen LogP contribution in [0.2, 0.25) is 0 Å². The number of carbonyl (C=O) groups excluding carboxylic acids is 3. The fraction of sp³-hybridized carbons (Fsp3) is 0.520. The van der Waals surface area contributed by atoms with Crippen molar-refractivity contribution in [2.45, 2.75) is 39.7 Å². The van der Waals surface area contributed by atoms with Gasteiger partial charge in [-0.25, -0.2) is 0 Å². The number of aromatic nitrogens is 1. The largest absolute Gasteiger partial charge is 0.497 e. The molecule has 0 saturated carbocycles. The molecule has 0 radical (unpaired) electrons. The van der Waals surface area contributed by atoms with Crippen LogP contribution in [0, 0.1) is 11.8 Å². The Kier molecular flexibility index (Phi) is 8.73. The second-order valence-corrected chi connectivity index (χ2v) is 8.69. The predicted octanol–water partition coefficient (Wildman–Crippen LogP) is 2.91. The molecular weight excluding hydrogens is 454 g/mol. The highest BCUT2D eigenvalue weighted by atomic mass is 16.5. The number of piperidine rings is 1. The van der Waals surface area contributed by atoms with E-state index in [0.717, 1.165) is 0 Å². The normalized spacial score (nSPS) is 15.0. The lowest BCUT2D eigenvalue weighted by Gasteiger charge is -2.34. The smallest absolute Gasteiger partial charge is 0.309 e. The number of benzene rings is 1. The Morgan fingerprint density at radius 1 is 1.14 bits per heavy atom. The first-order valence-electron chi connectivity index (χ1n) is 11.7. The summed E-state index contributed by atoms with van der Waals surface area (Å²) >= 11 is 0. The molecule has 190 valence electrons. The Morgan fingerprint density at radius 2 is 1.86 bits per heavy atom. The van der Waals surface area contributed by atoms with Gasteiger partial charge in [0.05, 0.1) is 32.3 Å². The summed E-state index contributed by atoms with van der Waals surface area (Å²) in [4.78, 5) is 39.8. The van der Waals surface area contributed by atoms with Crippen LogP contribution in [-0.2, 0) is 14.3 Å². The lowest BCUT2D eigenvalue weighted by Crippen LogP contribution is -2.53. The van der Waals surface area contributed by atoms with Crippen molar-refractivity contribution in [1.82, 2.24) is 15.4 Å². The van der Waals surface area contributed by atoms with Crippen LogP contribution in [0.4, 0.5) is 0 Å². The van der Waals surface area contributed by atoms with E-state index in [1.165, 1.54) is 13.2 Å². The van der Waals surface area contributed by atoms with Crippen LogP contribution in [-0.4, -0.2) is 67.8 Å². The van der Waals surface area contributed by atoms with Crippen LogP contribution in [0.3, 0.4) is 0 Å². The second-order valence-electron chi connectivity index (χ2n) is 8.69. The van der Waals surface area contributed by atoms with Crippen LogP contribution < -0.4 is 14.8 Å². The molecule has 1 aliphatic heterocycles. The highest BCUT2D eigenvalue weighted by Gasteiger charge is 2.34. The number of esters is 1. The molecule has 10 heteroatoms. The summed E-state index contributed by atoms with van der Waals surface area (Å²) in [5, 5.41) is 6.69. The van der Waals surface area contributed by atoms with Gasteiger partial charge in [0.25, 0.3) is 5.91 Å². The minimum absolute atomic E-state index is 0.0531. The molecule has 35 heavy (non-hydrogen) atoms. The summed E-state index contributed by atoms with van der Waals surface area (Å²) < 4.78 is 21.1. The van der Waals surface area contributed by atoms with E-state index in [0.29, 0.717) is 55.4 Å². The molecule has 1 aromatic heterocycles. The Hall–Kier alpha value is -3.56. The zero-order valence-corrected chi connectivity index (χ0v) is 20.8. The SMILES string of the molecule is CCOC(=O)C1CCN(C(=O)[C@@H](NC(=O)c2cc(-c3ccc(OC)cc3OC)on2)C(C)C)CC1. The van der Waals surface area contributed by atoms with Crippen molar-refractivity contribution in [2.75, 3.05) is 33.9 Å². The third kappa shape index (κ3) is 6.12. The predicted molar refractivity (Wildman–Crippen MR) is 127 cm³/mol. The Labute approximate surface area is 204 Å². The topological polar surface area (TPSA) is 120 Å². The van der Waals surface area contributed by atoms with Crippen LogP contribution in [0.1, 0.15) is 44.1 Å².